The summed E-state index contributed by atoms with van der Waals surface area (Å²) in [7, 11) is 0. The molecule has 0 fully saturated rings. The van der Waals surface area contributed by atoms with Crippen molar-refractivity contribution < 1.29 is 13.2 Å². The van der Waals surface area contributed by atoms with Crippen LogP contribution in [0.2, 0.25) is 0 Å². The van der Waals surface area contributed by atoms with Gasteiger partial charge in [-0.3, -0.25) is 4.68 Å². The normalized spacial score (nSPS) is 13.4. The van der Waals surface area contributed by atoms with Crippen molar-refractivity contribution >= 4 is 11.0 Å². The van der Waals surface area contributed by atoms with Gasteiger partial charge < -0.3 is 4.98 Å². The zero-order chi connectivity index (χ0) is 15.7. The fourth-order valence-electron chi connectivity index (χ4n) is 2.28. The molecule has 0 amide bonds. The van der Waals surface area contributed by atoms with Gasteiger partial charge in [0.2, 0.25) is 0 Å². The van der Waals surface area contributed by atoms with Crippen LogP contribution in [0.25, 0.3) is 22.3 Å². The number of fused-ring (bicyclic) bond motifs is 1. The van der Waals surface area contributed by atoms with Gasteiger partial charge in [0.15, 0.2) is 6.04 Å². The van der Waals surface area contributed by atoms with Gasteiger partial charge >= 0.3 is 6.18 Å². The van der Waals surface area contributed by atoms with Crippen LogP contribution >= 0.6 is 0 Å². The Morgan fingerprint density at radius 3 is 2.91 bits per heavy atom. The van der Waals surface area contributed by atoms with Crippen LogP contribution in [0.1, 0.15) is 12.5 Å². The SMILES string of the molecule is C=CCC(n1cc(-c2ncnc3[nH]ccc23)cn1)C(F)(F)F. The molecule has 3 heterocycles. The molecule has 5 nitrogen and oxygen atoms in total. The van der Waals surface area contributed by atoms with E-state index in [9.17, 15) is 13.2 Å². The molecule has 8 heteroatoms. The maximum absolute atomic E-state index is 13.1. The highest BCUT2D eigenvalue weighted by Gasteiger charge is 2.40. The number of aromatic nitrogens is 5. The minimum Gasteiger partial charge on any atom is -0.346 e. The van der Waals surface area contributed by atoms with Crippen molar-refractivity contribution in [1.82, 2.24) is 24.7 Å². The Kier molecular flexibility index (Phi) is 3.44. The number of nitrogens with zero attached hydrogens (tertiary/aromatic N) is 4. The topological polar surface area (TPSA) is 59.4 Å². The lowest BCUT2D eigenvalue weighted by molar-refractivity contribution is -0.169. The second-order valence-electron chi connectivity index (χ2n) is 4.75. The Labute approximate surface area is 123 Å². The summed E-state index contributed by atoms with van der Waals surface area (Å²) >= 11 is 0. The number of hydrogen-bond donors (Lipinski definition) is 1. The number of nitrogens with one attached hydrogen (secondary N) is 1. The average molecular weight is 307 g/mol. The Morgan fingerprint density at radius 2 is 2.18 bits per heavy atom. The highest BCUT2D eigenvalue weighted by Crippen LogP contribution is 2.34. The van der Waals surface area contributed by atoms with E-state index in [0.717, 1.165) is 10.1 Å². The van der Waals surface area contributed by atoms with Crippen molar-refractivity contribution in [3.8, 4) is 11.3 Å². The molecule has 0 saturated heterocycles. The second kappa shape index (κ2) is 5.28. The molecule has 0 bridgehead atoms. The Bertz CT molecular complexity index is 802. The Morgan fingerprint density at radius 1 is 1.36 bits per heavy atom. The highest BCUT2D eigenvalue weighted by atomic mass is 19.4. The van der Waals surface area contributed by atoms with E-state index >= 15 is 0 Å². The summed E-state index contributed by atoms with van der Waals surface area (Å²) < 4.78 is 40.1. The molecule has 3 aromatic rings. The van der Waals surface area contributed by atoms with E-state index in [0.29, 0.717) is 16.9 Å². The number of rotatable bonds is 4. The molecule has 3 rings (SSSR count). The summed E-state index contributed by atoms with van der Waals surface area (Å²) in [5.74, 6) is 0. The van der Waals surface area contributed by atoms with Gasteiger partial charge in [-0.1, -0.05) is 6.08 Å². The first-order valence-electron chi connectivity index (χ1n) is 6.51. The van der Waals surface area contributed by atoms with E-state index in [1.165, 1.54) is 24.8 Å². The number of hydrogen-bond acceptors (Lipinski definition) is 3. The quantitative estimate of drug-likeness (QED) is 0.750. The molecule has 22 heavy (non-hydrogen) atoms. The zero-order valence-corrected chi connectivity index (χ0v) is 11.4. The molecule has 3 aromatic heterocycles. The van der Waals surface area contributed by atoms with Gasteiger partial charge in [0.25, 0.3) is 0 Å². The van der Waals surface area contributed by atoms with Crippen molar-refractivity contribution in [3.05, 3.63) is 43.6 Å². The number of alkyl halides is 3. The van der Waals surface area contributed by atoms with E-state index in [1.54, 1.807) is 12.3 Å². The van der Waals surface area contributed by atoms with Crippen LogP contribution < -0.4 is 0 Å². The van der Waals surface area contributed by atoms with Crippen LogP contribution in [-0.4, -0.2) is 30.9 Å². The van der Waals surface area contributed by atoms with Crippen molar-refractivity contribution in [2.24, 2.45) is 0 Å². The van der Waals surface area contributed by atoms with Crippen LogP contribution in [0, 0.1) is 0 Å². The first kappa shape index (κ1) is 14.3. The van der Waals surface area contributed by atoms with E-state index in [4.69, 9.17) is 0 Å². The molecule has 0 spiro atoms. The van der Waals surface area contributed by atoms with E-state index < -0.39 is 12.2 Å². The molecular weight excluding hydrogens is 295 g/mol. The largest absolute Gasteiger partial charge is 0.411 e. The Hall–Kier alpha value is -2.64. The third kappa shape index (κ3) is 2.47. The van der Waals surface area contributed by atoms with Crippen LogP contribution in [0.5, 0.6) is 0 Å². The van der Waals surface area contributed by atoms with Gasteiger partial charge in [-0.25, -0.2) is 9.97 Å². The van der Waals surface area contributed by atoms with E-state index in [2.05, 4.69) is 26.6 Å². The van der Waals surface area contributed by atoms with Crippen molar-refractivity contribution in [2.45, 2.75) is 18.6 Å². The predicted octanol–water partition coefficient (Wildman–Crippen LogP) is 3.50. The van der Waals surface area contributed by atoms with Gasteiger partial charge in [-0.15, -0.1) is 6.58 Å². The maximum atomic E-state index is 13.1. The molecule has 0 aliphatic rings. The first-order valence-corrected chi connectivity index (χ1v) is 6.51. The molecule has 1 atom stereocenters. The summed E-state index contributed by atoms with van der Waals surface area (Å²) in [6, 6.07) is 0.0368. The van der Waals surface area contributed by atoms with Gasteiger partial charge in [0, 0.05) is 23.3 Å². The third-order valence-corrected chi connectivity index (χ3v) is 3.32. The molecule has 1 unspecified atom stereocenters. The second-order valence-corrected chi connectivity index (χ2v) is 4.75. The first-order chi connectivity index (χ1) is 10.5. The van der Waals surface area contributed by atoms with E-state index in [-0.39, 0.29) is 6.42 Å². The fraction of sp³-hybridized carbons (Fsp3) is 0.214. The monoisotopic (exact) mass is 307 g/mol. The van der Waals surface area contributed by atoms with Crippen LogP contribution in [0.3, 0.4) is 0 Å². The summed E-state index contributed by atoms with van der Waals surface area (Å²) in [5.41, 5.74) is 1.67. The van der Waals surface area contributed by atoms with Crippen LogP contribution in [0.4, 0.5) is 13.2 Å². The Balaban J connectivity index is 2.03. The van der Waals surface area contributed by atoms with Crippen LogP contribution in [-0.2, 0) is 0 Å². The summed E-state index contributed by atoms with van der Waals surface area (Å²) in [5, 5.41) is 4.58. The summed E-state index contributed by atoms with van der Waals surface area (Å²) in [6.45, 7) is 3.37. The molecule has 0 saturated carbocycles. The van der Waals surface area contributed by atoms with Gasteiger partial charge in [-0.05, 0) is 12.5 Å². The lowest BCUT2D eigenvalue weighted by Gasteiger charge is -2.19. The van der Waals surface area contributed by atoms with Gasteiger partial charge in [0.1, 0.15) is 12.0 Å². The lowest BCUT2D eigenvalue weighted by atomic mass is 10.2. The summed E-state index contributed by atoms with van der Waals surface area (Å²) in [6.07, 6.45) is 2.36. The minimum atomic E-state index is -4.40. The van der Waals surface area contributed by atoms with Crippen molar-refractivity contribution in [1.29, 1.82) is 0 Å². The van der Waals surface area contributed by atoms with Crippen LogP contribution in [0.15, 0.2) is 43.6 Å². The van der Waals surface area contributed by atoms with Crippen molar-refractivity contribution in [3.63, 3.8) is 0 Å². The highest BCUT2D eigenvalue weighted by molar-refractivity contribution is 5.89. The molecule has 1 N–H and O–H groups in total. The fourth-order valence-corrected chi connectivity index (χ4v) is 2.28. The van der Waals surface area contributed by atoms with Gasteiger partial charge in [-0.2, -0.15) is 18.3 Å². The minimum absolute atomic E-state index is 0.242. The van der Waals surface area contributed by atoms with E-state index in [1.807, 2.05) is 0 Å². The standard InChI is InChI=1S/C14H12F3N5/c1-2-3-11(14(15,16)17)22-7-9(6-21-22)12-10-4-5-18-13(10)20-8-19-12/h2,4-8,11H,1,3H2,(H,18,19,20). The van der Waals surface area contributed by atoms with Gasteiger partial charge in [0.05, 0.1) is 11.9 Å². The summed E-state index contributed by atoms with van der Waals surface area (Å²) in [4.78, 5) is 11.1. The molecule has 0 aliphatic carbocycles. The average Bonchev–Trinajstić information content (AvgIpc) is 3.11. The number of aromatic amines is 1. The lowest BCUT2D eigenvalue weighted by Crippen LogP contribution is -2.26. The molecule has 0 radical (unpaired) electrons. The predicted molar refractivity (Wildman–Crippen MR) is 75.0 cm³/mol. The van der Waals surface area contributed by atoms with Crippen molar-refractivity contribution in [2.75, 3.05) is 0 Å². The molecule has 0 aromatic carbocycles. The third-order valence-electron chi connectivity index (χ3n) is 3.32. The number of allylic oxidation sites excluding steroid dienone is 1. The smallest absolute Gasteiger partial charge is 0.346 e. The molecule has 114 valence electrons. The zero-order valence-electron chi connectivity index (χ0n) is 11.4. The molecular formula is C14H12F3N5. The number of halogens is 3. The number of H-pyrrole nitrogens is 1. The molecule has 0 aliphatic heterocycles. The maximum Gasteiger partial charge on any atom is 0.411 e.